The molecule has 0 aliphatic carbocycles. The van der Waals surface area contributed by atoms with Gasteiger partial charge < -0.3 is 4.74 Å². The van der Waals surface area contributed by atoms with Crippen LogP contribution in [0.5, 0.6) is 5.75 Å². The van der Waals surface area contributed by atoms with Crippen LogP contribution in [-0.4, -0.2) is 5.97 Å². The summed E-state index contributed by atoms with van der Waals surface area (Å²) in [5.74, 6) is 0.259. The standard InChI is InChI=1S/C20H22O2/c1-12-7-6-8-14(9-12)17-16-11-15(20(3,4)5)10-13(2)18(16)22-19(17)21/h6-11,17H,1-5H3. The van der Waals surface area contributed by atoms with E-state index in [0.29, 0.717) is 0 Å². The lowest BCUT2D eigenvalue weighted by atomic mass is 9.82. The van der Waals surface area contributed by atoms with E-state index >= 15 is 0 Å². The SMILES string of the molecule is Cc1cccc(C2C(=O)Oc3c(C)cc(C(C)(C)C)cc32)c1. The smallest absolute Gasteiger partial charge is 0.323 e. The van der Waals surface area contributed by atoms with Crippen molar-refractivity contribution in [3.63, 3.8) is 0 Å². The summed E-state index contributed by atoms with van der Waals surface area (Å²) in [4.78, 5) is 12.4. The van der Waals surface area contributed by atoms with Gasteiger partial charge in [-0.3, -0.25) is 4.79 Å². The maximum atomic E-state index is 12.4. The van der Waals surface area contributed by atoms with Crippen LogP contribution in [0, 0.1) is 13.8 Å². The van der Waals surface area contributed by atoms with E-state index < -0.39 is 0 Å². The zero-order valence-electron chi connectivity index (χ0n) is 13.9. The second-order valence-electron chi connectivity index (χ2n) is 7.23. The van der Waals surface area contributed by atoms with Crippen LogP contribution in [-0.2, 0) is 10.2 Å². The molecular weight excluding hydrogens is 272 g/mol. The zero-order valence-corrected chi connectivity index (χ0v) is 13.9. The number of rotatable bonds is 1. The molecule has 114 valence electrons. The fourth-order valence-electron chi connectivity index (χ4n) is 3.04. The van der Waals surface area contributed by atoms with E-state index in [1.54, 1.807) is 0 Å². The first-order chi connectivity index (χ1) is 10.3. The lowest BCUT2D eigenvalue weighted by Gasteiger charge is -2.21. The van der Waals surface area contributed by atoms with Crippen molar-refractivity contribution in [3.05, 3.63) is 64.2 Å². The first-order valence-corrected chi connectivity index (χ1v) is 7.70. The first-order valence-electron chi connectivity index (χ1n) is 7.70. The van der Waals surface area contributed by atoms with Crippen molar-refractivity contribution in [2.75, 3.05) is 0 Å². The highest BCUT2D eigenvalue weighted by molar-refractivity contribution is 5.90. The first kappa shape index (κ1) is 14.8. The second kappa shape index (κ2) is 4.98. The molecule has 2 aromatic rings. The predicted molar refractivity (Wildman–Crippen MR) is 88.5 cm³/mol. The Bertz CT molecular complexity index is 751. The summed E-state index contributed by atoms with van der Waals surface area (Å²) in [6.45, 7) is 10.6. The van der Waals surface area contributed by atoms with Crippen LogP contribution in [0.25, 0.3) is 0 Å². The third-order valence-corrected chi connectivity index (χ3v) is 4.29. The minimum absolute atomic E-state index is 0.0442. The Morgan fingerprint density at radius 1 is 1.05 bits per heavy atom. The van der Waals surface area contributed by atoms with Crippen molar-refractivity contribution in [1.29, 1.82) is 0 Å². The van der Waals surface area contributed by atoms with Crippen molar-refractivity contribution in [2.45, 2.75) is 46.0 Å². The largest absolute Gasteiger partial charge is 0.425 e. The van der Waals surface area contributed by atoms with Crippen LogP contribution in [0.2, 0.25) is 0 Å². The molecule has 0 saturated carbocycles. The minimum atomic E-state index is -0.309. The van der Waals surface area contributed by atoms with E-state index in [9.17, 15) is 4.79 Å². The monoisotopic (exact) mass is 294 g/mol. The highest BCUT2D eigenvalue weighted by Gasteiger charge is 2.36. The van der Waals surface area contributed by atoms with Crippen LogP contribution >= 0.6 is 0 Å². The maximum Gasteiger partial charge on any atom is 0.323 e. The predicted octanol–water partition coefficient (Wildman–Crippen LogP) is 4.65. The highest BCUT2D eigenvalue weighted by atomic mass is 16.5. The minimum Gasteiger partial charge on any atom is -0.425 e. The van der Waals surface area contributed by atoms with E-state index in [2.05, 4.69) is 39.0 Å². The second-order valence-corrected chi connectivity index (χ2v) is 7.23. The molecule has 1 aliphatic heterocycles. The van der Waals surface area contributed by atoms with Gasteiger partial charge in [0.05, 0.1) is 0 Å². The Morgan fingerprint density at radius 2 is 1.77 bits per heavy atom. The van der Waals surface area contributed by atoms with Crippen molar-refractivity contribution in [2.24, 2.45) is 0 Å². The molecule has 0 radical (unpaired) electrons. The Morgan fingerprint density at radius 3 is 2.41 bits per heavy atom. The van der Waals surface area contributed by atoms with E-state index in [0.717, 1.165) is 28.0 Å². The van der Waals surface area contributed by atoms with E-state index in [4.69, 9.17) is 4.74 Å². The fraction of sp³-hybridized carbons (Fsp3) is 0.350. The number of esters is 1. The van der Waals surface area contributed by atoms with Crippen molar-refractivity contribution in [1.82, 2.24) is 0 Å². The Labute approximate surface area is 132 Å². The number of hydrogen-bond acceptors (Lipinski definition) is 2. The number of fused-ring (bicyclic) bond motifs is 1. The number of carbonyl (C=O) groups excluding carboxylic acids is 1. The summed E-state index contributed by atoms with van der Waals surface area (Å²) in [5, 5.41) is 0. The molecule has 1 heterocycles. The third-order valence-electron chi connectivity index (χ3n) is 4.29. The average Bonchev–Trinajstić information content (AvgIpc) is 2.74. The molecule has 1 atom stereocenters. The number of benzene rings is 2. The molecule has 0 bridgehead atoms. The molecule has 0 aromatic heterocycles. The van der Waals surface area contributed by atoms with Crippen LogP contribution in [0.3, 0.4) is 0 Å². The summed E-state index contributed by atoms with van der Waals surface area (Å²) in [7, 11) is 0. The lowest BCUT2D eigenvalue weighted by molar-refractivity contribution is -0.133. The molecule has 0 spiro atoms. The van der Waals surface area contributed by atoms with Crippen LogP contribution in [0.1, 0.15) is 54.5 Å². The summed E-state index contributed by atoms with van der Waals surface area (Å²) < 4.78 is 5.57. The summed E-state index contributed by atoms with van der Waals surface area (Å²) in [5.41, 5.74) is 5.48. The normalized spacial score (nSPS) is 17.3. The van der Waals surface area contributed by atoms with Crippen molar-refractivity contribution in [3.8, 4) is 5.75 Å². The Hall–Kier alpha value is -2.09. The number of hydrogen-bond donors (Lipinski definition) is 0. The molecule has 3 rings (SSSR count). The fourth-order valence-corrected chi connectivity index (χ4v) is 3.04. The summed E-state index contributed by atoms with van der Waals surface area (Å²) in [6.07, 6.45) is 0. The lowest BCUT2D eigenvalue weighted by Crippen LogP contribution is -2.13. The molecule has 0 amide bonds. The van der Waals surface area contributed by atoms with Crippen LogP contribution in [0.4, 0.5) is 0 Å². The molecule has 0 fully saturated rings. The highest BCUT2D eigenvalue weighted by Crippen LogP contribution is 2.43. The van der Waals surface area contributed by atoms with E-state index in [1.807, 2.05) is 32.0 Å². The van der Waals surface area contributed by atoms with E-state index in [1.165, 1.54) is 5.56 Å². The molecule has 2 aromatic carbocycles. The topological polar surface area (TPSA) is 26.3 Å². The van der Waals surface area contributed by atoms with Gasteiger partial charge in [0.2, 0.25) is 0 Å². The van der Waals surface area contributed by atoms with Gasteiger partial charge in [0, 0.05) is 5.56 Å². The van der Waals surface area contributed by atoms with Gasteiger partial charge in [-0.15, -0.1) is 0 Å². The molecule has 1 unspecified atom stereocenters. The molecule has 2 heteroatoms. The average molecular weight is 294 g/mol. The van der Waals surface area contributed by atoms with Gasteiger partial charge in [-0.05, 0) is 36.0 Å². The molecular formula is C20H22O2. The van der Waals surface area contributed by atoms with Crippen LogP contribution in [0.15, 0.2) is 36.4 Å². The van der Waals surface area contributed by atoms with Crippen LogP contribution < -0.4 is 4.74 Å². The third kappa shape index (κ3) is 2.43. The van der Waals surface area contributed by atoms with Crippen molar-refractivity contribution < 1.29 is 9.53 Å². The number of aryl methyl sites for hydroxylation is 2. The van der Waals surface area contributed by atoms with Gasteiger partial charge >= 0.3 is 5.97 Å². The summed E-state index contributed by atoms with van der Waals surface area (Å²) in [6, 6.07) is 12.4. The van der Waals surface area contributed by atoms with E-state index in [-0.39, 0.29) is 17.3 Å². The van der Waals surface area contributed by atoms with Gasteiger partial charge in [-0.25, -0.2) is 0 Å². The number of carbonyl (C=O) groups is 1. The molecule has 2 nitrogen and oxygen atoms in total. The van der Waals surface area contributed by atoms with Gasteiger partial charge in [0.25, 0.3) is 0 Å². The molecule has 1 aliphatic rings. The molecule has 0 saturated heterocycles. The van der Waals surface area contributed by atoms with Gasteiger partial charge in [-0.2, -0.15) is 0 Å². The summed E-state index contributed by atoms with van der Waals surface area (Å²) >= 11 is 0. The van der Waals surface area contributed by atoms with Gasteiger partial charge in [0.1, 0.15) is 11.7 Å². The Balaban J connectivity index is 2.18. The van der Waals surface area contributed by atoms with Crippen molar-refractivity contribution >= 4 is 5.97 Å². The number of ether oxygens (including phenoxy) is 1. The van der Waals surface area contributed by atoms with Gasteiger partial charge in [-0.1, -0.05) is 62.7 Å². The molecule has 22 heavy (non-hydrogen) atoms. The van der Waals surface area contributed by atoms with Gasteiger partial charge in [0.15, 0.2) is 0 Å². The Kier molecular flexibility index (Phi) is 3.36. The molecule has 0 N–H and O–H groups in total. The maximum absolute atomic E-state index is 12.4. The zero-order chi connectivity index (χ0) is 16.1. The quantitative estimate of drug-likeness (QED) is 0.565.